The van der Waals surface area contributed by atoms with Gasteiger partial charge >= 0.3 is 5.97 Å². The van der Waals surface area contributed by atoms with Crippen molar-refractivity contribution in [3.05, 3.63) is 77.7 Å². The predicted molar refractivity (Wildman–Crippen MR) is 131 cm³/mol. The van der Waals surface area contributed by atoms with Crippen LogP contribution in [0, 0.1) is 13.8 Å². The standard InChI is InChI=1S/C25H28N4O4S/c1-7-28-16(5)19(14(3)27-28)13-20-23(30)29-22(17-9-11-18(32-6)12-10-17)21(24(31)33-8-2)15(4)26-25(29)34-20/h9-13,22H,7-8H2,1-6H3/t22-/m1/s1. The number of methoxy groups -OCH3 is 1. The zero-order chi connectivity index (χ0) is 24.6. The van der Waals surface area contributed by atoms with Gasteiger partial charge in [-0.05, 0) is 58.4 Å². The van der Waals surface area contributed by atoms with Crippen LogP contribution in [0.1, 0.15) is 49.3 Å². The second kappa shape index (κ2) is 9.42. The van der Waals surface area contributed by atoms with Crippen molar-refractivity contribution < 1.29 is 14.3 Å². The number of aromatic nitrogens is 3. The van der Waals surface area contributed by atoms with Crippen LogP contribution in [-0.4, -0.2) is 34.0 Å². The summed E-state index contributed by atoms with van der Waals surface area (Å²) >= 11 is 1.31. The Labute approximate surface area is 201 Å². The average Bonchev–Trinajstić information content (AvgIpc) is 3.28. The average molecular weight is 481 g/mol. The van der Waals surface area contributed by atoms with Gasteiger partial charge in [0.05, 0.1) is 41.3 Å². The van der Waals surface area contributed by atoms with Crippen molar-refractivity contribution in [1.29, 1.82) is 0 Å². The second-order valence-electron chi connectivity index (χ2n) is 7.98. The van der Waals surface area contributed by atoms with E-state index in [1.165, 1.54) is 11.3 Å². The molecular formula is C25H28N4O4S. The summed E-state index contributed by atoms with van der Waals surface area (Å²) in [6.07, 6.45) is 1.88. The normalized spacial score (nSPS) is 15.8. The Balaban J connectivity index is 1.96. The van der Waals surface area contributed by atoms with E-state index in [1.807, 2.05) is 55.8 Å². The Morgan fingerprint density at radius 3 is 2.47 bits per heavy atom. The number of ether oxygens (including phenoxy) is 2. The molecule has 0 fully saturated rings. The number of esters is 1. The molecule has 1 atom stereocenters. The first-order valence-corrected chi connectivity index (χ1v) is 12.0. The summed E-state index contributed by atoms with van der Waals surface area (Å²) in [5.74, 6) is 0.211. The predicted octanol–water partition coefficient (Wildman–Crippen LogP) is 2.64. The van der Waals surface area contributed by atoms with Gasteiger partial charge in [-0.3, -0.25) is 14.0 Å². The number of allylic oxidation sites excluding steroid dienone is 1. The highest BCUT2D eigenvalue weighted by Gasteiger charge is 2.33. The molecule has 0 radical (unpaired) electrons. The molecule has 3 heterocycles. The number of nitrogens with zero attached hydrogens (tertiary/aromatic N) is 4. The minimum atomic E-state index is -0.649. The topological polar surface area (TPSA) is 87.7 Å². The van der Waals surface area contributed by atoms with Crippen LogP contribution in [0.25, 0.3) is 6.08 Å². The van der Waals surface area contributed by atoms with E-state index in [0.717, 1.165) is 29.1 Å². The molecule has 0 spiro atoms. The summed E-state index contributed by atoms with van der Waals surface area (Å²) in [5.41, 5.74) is 4.25. The SMILES string of the molecule is CCOC(=O)C1=C(C)N=c2sc(=Cc3c(C)nn(CC)c3C)c(=O)n2[C@@H]1c1ccc(OC)cc1. The van der Waals surface area contributed by atoms with Crippen LogP contribution in [0.4, 0.5) is 0 Å². The molecule has 0 saturated carbocycles. The number of aryl methyl sites for hydroxylation is 2. The number of rotatable bonds is 6. The zero-order valence-electron chi connectivity index (χ0n) is 20.2. The van der Waals surface area contributed by atoms with E-state index in [2.05, 4.69) is 10.1 Å². The summed E-state index contributed by atoms with van der Waals surface area (Å²) in [6, 6.07) is 6.70. The third-order valence-electron chi connectivity index (χ3n) is 5.96. The zero-order valence-corrected chi connectivity index (χ0v) is 21.0. The van der Waals surface area contributed by atoms with Crippen LogP contribution in [0.3, 0.4) is 0 Å². The molecule has 1 aliphatic rings. The van der Waals surface area contributed by atoms with Crippen LogP contribution in [0.15, 0.2) is 45.3 Å². The van der Waals surface area contributed by atoms with E-state index in [9.17, 15) is 9.59 Å². The largest absolute Gasteiger partial charge is 0.497 e. The van der Waals surface area contributed by atoms with Crippen molar-refractivity contribution in [2.24, 2.45) is 4.99 Å². The Kier molecular flexibility index (Phi) is 6.56. The lowest BCUT2D eigenvalue weighted by Gasteiger charge is -2.24. The van der Waals surface area contributed by atoms with Gasteiger partial charge in [0.1, 0.15) is 5.75 Å². The molecule has 0 N–H and O–H groups in total. The van der Waals surface area contributed by atoms with Crippen molar-refractivity contribution in [2.45, 2.75) is 47.2 Å². The number of hydrogen-bond acceptors (Lipinski definition) is 7. The molecule has 34 heavy (non-hydrogen) atoms. The fraction of sp³-hybridized carbons (Fsp3) is 0.360. The van der Waals surface area contributed by atoms with Gasteiger partial charge < -0.3 is 9.47 Å². The summed E-state index contributed by atoms with van der Waals surface area (Å²) < 4.78 is 14.7. The van der Waals surface area contributed by atoms with Gasteiger partial charge in [0, 0.05) is 17.8 Å². The molecule has 9 heteroatoms. The highest BCUT2D eigenvalue weighted by molar-refractivity contribution is 7.07. The molecule has 4 rings (SSSR count). The lowest BCUT2D eigenvalue weighted by Crippen LogP contribution is -2.39. The van der Waals surface area contributed by atoms with Crippen molar-refractivity contribution in [2.75, 3.05) is 13.7 Å². The van der Waals surface area contributed by atoms with E-state index in [1.54, 1.807) is 25.5 Å². The van der Waals surface area contributed by atoms with Gasteiger partial charge in [0.25, 0.3) is 5.56 Å². The molecule has 0 amide bonds. The molecule has 0 aliphatic carbocycles. The number of fused-ring (bicyclic) bond motifs is 1. The quantitative estimate of drug-likeness (QED) is 0.506. The third-order valence-corrected chi connectivity index (χ3v) is 6.94. The fourth-order valence-electron chi connectivity index (χ4n) is 4.25. The lowest BCUT2D eigenvalue weighted by molar-refractivity contribution is -0.139. The number of hydrogen-bond donors (Lipinski definition) is 0. The maximum absolute atomic E-state index is 13.7. The Hall–Kier alpha value is -3.46. The van der Waals surface area contributed by atoms with Crippen molar-refractivity contribution in [3.63, 3.8) is 0 Å². The highest BCUT2D eigenvalue weighted by atomic mass is 32.1. The number of thiazole rings is 1. The van der Waals surface area contributed by atoms with Crippen molar-refractivity contribution in [3.8, 4) is 5.75 Å². The molecule has 0 unspecified atom stereocenters. The van der Waals surface area contributed by atoms with Crippen LogP contribution in [0.5, 0.6) is 5.75 Å². The molecule has 8 nitrogen and oxygen atoms in total. The van der Waals surface area contributed by atoms with Gasteiger partial charge in [-0.25, -0.2) is 9.79 Å². The van der Waals surface area contributed by atoms with E-state index >= 15 is 0 Å². The van der Waals surface area contributed by atoms with Crippen LogP contribution in [0.2, 0.25) is 0 Å². The van der Waals surface area contributed by atoms with Gasteiger partial charge in [0.15, 0.2) is 4.80 Å². The third kappa shape index (κ3) is 4.00. The number of benzene rings is 1. The smallest absolute Gasteiger partial charge is 0.338 e. The van der Waals surface area contributed by atoms with E-state index in [4.69, 9.17) is 9.47 Å². The van der Waals surface area contributed by atoms with Gasteiger partial charge in [0.2, 0.25) is 0 Å². The summed E-state index contributed by atoms with van der Waals surface area (Å²) in [6.45, 7) is 10.5. The molecule has 0 saturated heterocycles. The highest BCUT2D eigenvalue weighted by Crippen LogP contribution is 2.31. The molecule has 1 aromatic carbocycles. The molecule has 178 valence electrons. The molecular weight excluding hydrogens is 452 g/mol. The Bertz CT molecular complexity index is 1460. The van der Waals surface area contributed by atoms with Crippen LogP contribution >= 0.6 is 11.3 Å². The van der Waals surface area contributed by atoms with Gasteiger partial charge in [-0.2, -0.15) is 5.10 Å². The summed E-state index contributed by atoms with van der Waals surface area (Å²) in [4.78, 5) is 31.8. The maximum atomic E-state index is 13.7. The van der Waals surface area contributed by atoms with E-state index in [-0.39, 0.29) is 12.2 Å². The van der Waals surface area contributed by atoms with E-state index < -0.39 is 12.0 Å². The molecule has 3 aromatic rings. The first kappa shape index (κ1) is 23.7. The summed E-state index contributed by atoms with van der Waals surface area (Å²) in [7, 11) is 1.59. The van der Waals surface area contributed by atoms with Crippen molar-refractivity contribution in [1.82, 2.24) is 14.3 Å². The first-order chi connectivity index (χ1) is 16.3. The van der Waals surface area contributed by atoms with Crippen molar-refractivity contribution >= 4 is 23.4 Å². The number of carbonyl (C=O) groups excluding carboxylic acids is 1. The summed E-state index contributed by atoms with van der Waals surface area (Å²) in [5, 5.41) is 4.56. The van der Waals surface area contributed by atoms with Gasteiger partial charge in [-0.1, -0.05) is 23.5 Å². The minimum Gasteiger partial charge on any atom is -0.497 e. The monoisotopic (exact) mass is 480 g/mol. The first-order valence-electron chi connectivity index (χ1n) is 11.2. The molecule has 2 aromatic heterocycles. The Morgan fingerprint density at radius 2 is 1.88 bits per heavy atom. The number of carbonyl (C=O) groups is 1. The van der Waals surface area contributed by atoms with Crippen LogP contribution < -0.4 is 19.6 Å². The van der Waals surface area contributed by atoms with Crippen LogP contribution in [-0.2, 0) is 16.1 Å². The second-order valence-corrected chi connectivity index (χ2v) is 8.98. The van der Waals surface area contributed by atoms with E-state index in [0.29, 0.717) is 26.4 Å². The van der Waals surface area contributed by atoms with Gasteiger partial charge in [-0.15, -0.1) is 0 Å². The molecule has 0 bridgehead atoms. The molecule has 1 aliphatic heterocycles. The Morgan fingerprint density at radius 1 is 1.18 bits per heavy atom. The minimum absolute atomic E-state index is 0.207. The maximum Gasteiger partial charge on any atom is 0.338 e. The lowest BCUT2D eigenvalue weighted by atomic mass is 9.96. The fourth-order valence-corrected chi connectivity index (χ4v) is 5.28.